The van der Waals surface area contributed by atoms with E-state index in [1.54, 1.807) is 18.0 Å². The molecule has 0 amide bonds. The van der Waals surface area contributed by atoms with Gasteiger partial charge in [0.05, 0.1) is 11.4 Å². The van der Waals surface area contributed by atoms with Gasteiger partial charge in [-0.25, -0.2) is 4.98 Å². The fourth-order valence-corrected chi connectivity index (χ4v) is 2.90. The van der Waals surface area contributed by atoms with Gasteiger partial charge >= 0.3 is 0 Å². The smallest absolute Gasteiger partial charge is 0.193 e. The number of carbonyl (C=O) groups is 1. The number of aryl methyl sites for hydroxylation is 1. The van der Waals surface area contributed by atoms with Crippen molar-refractivity contribution in [3.63, 3.8) is 0 Å². The van der Waals surface area contributed by atoms with Gasteiger partial charge < -0.3 is 4.57 Å². The first-order valence-electron chi connectivity index (χ1n) is 4.84. The highest BCUT2D eigenvalue weighted by Gasteiger charge is 2.26. The van der Waals surface area contributed by atoms with Gasteiger partial charge in [0.15, 0.2) is 5.78 Å². The summed E-state index contributed by atoms with van der Waals surface area (Å²) >= 11 is 1.77. The number of hydrogen-bond donors (Lipinski definition) is 0. The molecular formula is C10H14N2OS. The highest BCUT2D eigenvalue weighted by atomic mass is 32.2. The maximum absolute atomic E-state index is 12.0. The van der Waals surface area contributed by atoms with Crippen molar-refractivity contribution >= 4 is 17.5 Å². The maximum atomic E-state index is 12.0. The van der Waals surface area contributed by atoms with Gasteiger partial charge in [-0.05, 0) is 25.5 Å². The number of rotatable bonds is 2. The van der Waals surface area contributed by atoms with Gasteiger partial charge in [-0.1, -0.05) is 0 Å². The van der Waals surface area contributed by atoms with Gasteiger partial charge in [0, 0.05) is 7.05 Å². The normalized spacial score (nSPS) is 21.4. The Morgan fingerprint density at radius 3 is 3.00 bits per heavy atom. The van der Waals surface area contributed by atoms with Crippen LogP contribution in [0.15, 0.2) is 6.20 Å². The monoisotopic (exact) mass is 210 g/mol. The minimum absolute atomic E-state index is 0.171. The van der Waals surface area contributed by atoms with Crippen LogP contribution in [0.25, 0.3) is 0 Å². The lowest BCUT2D eigenvalue weighted by Crippen LogP contribution is -2.17. The van der Waals surface area contributed by atoms with Gasteiger partial charge in [-0.2, -0.15) is 11.8 Å². The lowest BCUT2D eigenvalue weighted by atomic mass is 10.1. The first-order chi connectivity index (χ1) is 6.70. The predicted octanol–water partition coefficient (Wildman–Crippen LogP) is 1.81. The fraction of sp³-hybridized carbons (Fsp3) is 0.600. The molecule has 0 N–H and O–H groups in total. The summed E-state index contributed by atoms with van der Waals surface area (Å²) in [5.41, 5.74) is 0.752. The summed E-state index contributed by atoms with van der Waals surface area (Å²) in [6, 6.07) is 0. The number of aromatic nitrogens is 2. The molecular weight excluding hydrogens is 196 g/mol. The van der Waals surface area contributed by atoms with Crippen molar-refractivity contribution in [3.8, 4) is 0 Å². The van der Waals surface area contributed by atoms with E-state index in [4.69, 9.17) is 0 Å². The summed E-state index contributed by atoms with van der Waals surface area (Å²) in [5, 5.41) is 0.171. The average Bonchev–Trinajstić information content (AvgIpc) is 2.77. The van der Waals surface area contributed by atoms with Gasteiger partial charge in [-0.15, -0.1) is 0 Å². The Hall–Kier alpha value is -0.770. The first-order valence-corrected chi connectivity index (χ1v) is 5.89. The van der Waals surface area contributed by atoms with E-state index < -0.39 is 0 Å². The molecule has 0 saturated carbocycles. The van der Waals surface area contributed by atoms with Crippen LogP contribution in [0.2, 0.25) is 0 Å². The van der Waals surface area contributed by atoms with Crippen molar-refractivity contribution < 1.29 is 4.79 Å². The van der Waals surface area contributed by atoms with Crippen molar-refractivity contribution in [2.75, 3.05) is 5.75 Å². The zero-order chi connectivity index (χ0) is 10.1. The number of Topliss-reactive ketones (excluding diaryl/α,β-unsaturated/α-hetero) is 1. The van der Waals surface area contributed by atoms with Crippen molar-refractivity contribution in [1.29, 1.82) is 0 Å². The fourth-order valence-electron chi connectivity index (χ4n) is 1.68. The standard InChI is InChI=1S/C10H14N2OS/c1-7-11-6-8(12(7)2)10(13)9-4-3-5-14-9/h6,9H,3-5H2,1-2H3. The Bertz CT molecular complexity index is 353. The first kappa shape index (κ1) is 9.77. The van der Waals surface area contributed by atoms with E-state index in [-0.39, 0.29) is 11.0 Å². The maximum Gasteiger partial charge on any atom is 0.193 e. The molecule has 4 heteroatoms. The molecule has 0 aliphatic carbocycles. The molecule has 0 bridgehead atoms. The molecule has 1 saturated heterocycles. The van der Waals surface area contributed by atoms with Gasteiger partial charge in [0.25, 0.3) is 0 Å². The molecule has 0 aromatic carbocycles. The third-order valence-corrected chi connectivity index (χ3v) is 4.07. The number of ketones is 1. The Labute approximate surface area is 87.9 Å². The highest BCUT2D eigenvalue weighted by molar-refractivity contribution is 8.00. The Balaban J connectivity index is 2.22. The van der Waals surface area contributed by atoms with Crippen LogP contribution in [-0.2, 0) is 7.05 Å². The van der Waals surface area contributed by atoms with Crippen LogP contribution in [0.3, 0.4) is 0 Å². The molecule has 0 radical (unpaired) electrons. The second-order valence-electron chi connectivity index (χ2n) is 3.62. The zero-order valence-corrected chi connectivity index (χ0v) is 9.30. The number of hydrogen-bond acceptors (Lipinski definition) is 3. The third-order valence-electron chi connectivity index (χ3n) is 2.70. The number of nitrogens with zero attached hydrogens (tertiary/aromatic N) is 2. The zero-order valence-electron chi connectivity index (χ0n) is 8.49. The van der Waals surface area contributed by atoms with E-state index in [1.165, 1.54) is 0 Å². The summed E-state index contributed by atoms with van der Waals surface area (Å²) in [6.07, 6.45) is 3.88. The third kappa shape index (κ3) is 1.59. The lowest BCUT2D eigenvalue weighted by Gasteiger charge is -2.07. The quantitative estimate of drug-likeness (QED) is 0.698. The van der Waals surface area contributed by atoms with Crippen molar-refractivity contribution in [3.05, 3.63) is 17.7 Å². The van der Waals surface area contributed by atoms with Crippen molar-refractivity contribution in [1.82, 2.24) is 9.55 Å². The van der Waals surface area contributed by atoms with E-state index >= 15 is 0 Å². The van der Waals surface area contributed by atoms with Crippen LogP contribution in [0.4, 0.5) is 0 Å². The second-order valence-corrected chi connectivity index (χ2v) is 4.93. The van der Waals surface area contributed by atoms with E-state index in [1.807, 2.05) is 18.5 Å². The van der Waals surface area contributed by atoms with E-state index in [0.717, 1.165) is 30.1 Å². The summed E-state index contributed by atoms with van der Waals surface area (Å²) in [4.78, 5) is 16.1. The molecule has 1 fully saturated rings. The molecule has 0 spiro atoms. The Morgan fingerprint density at radius 2 is 2.50 bits per heavy atom. The van der Waals surface area contributed by atoms with E-state index in [9.17, 15) is 4.79 Å². The molecule has 3 nitrogen and oxygen atoms in total. The van der Waals surface area contributed by atoms with Crippen LogP contribution in [0.1, 0.15) is 29.2 Å². The summed E-state index contributed by atoms with van der Waals surface area (Å²) in [6.45, 7) is 1.92. The molecule has 2 rings (SSSR count). The molecule has 1 aliphatic heterocycles. The second kappa shape index (κ2) is 3.77. The number of thioether (sulfide) groups is 1. The van der Waals surface area contributed by atoms with Crippen LogP contribution < -0.4 is 0 Å². The lowest BCUT2D eigenvalue weighted by molar-refractivity contribution is 0.0980. The molecule has 2 heterocycles. The van der Waals surface area contributed by atoms with Gasteiger partial charge in [0.2, 0.25) is 0 Å². The summed E-state index contributed by atoms with van der Waals surface area (Å²) < 4.78 is 1.88. The molecule has 1 unspecified atom stereocenters. The summed E-state index contributed by atoms with van der Waals surface area (Å²) in [7, 11) is 1.90. The van der Waals surface area contributed by atoms with Crippen LogP contribution >= 0.6 is 11.8 Å². The SMILES string of the molecule is Cc1ncc(C(=O)C2CCCS2)n1C. The largest absolute Gasteiger partial charge is 0.329 e. The van der Waals surface area contributed by atoms with Crippen molar-refractivity contribution in [2.45, 2.75) is 25.0 Å². The van der Waals surface area contributed by atoms with Crippen molar-refractivity contribution in [2.24, 2.45) is 7.05 Å². The minimum Gasteiger partial charge on any atom is -0.329 e. The molecule has 1 aliphatic rings. The van der Waals surface area contributed by atoms with Crippen LogP contribution in [-0.4, -0.2) is 26.3 Å². The van der Waals surface area contributed by atoms with Gasteiger partial charge in [0.1, 0.15) is 11.5 Å². The average molecular weight is 210 g/mol. The van der Waals surface area contributed by atoms with Crippen LogP contribution in [0.5, 0.6) is 0 Å². The molecule has 1 aromatic heterocycles. The Morgan fingerprint density at radius 1 is 1.71 bits per heavy atom. The summed E-state index contributed by atoms with van der Waals surface area (Å²) in [5.74, 6) is 2.26. The van der Waals surface area contributed by atoms with Crippen LogP contribution in [0, 0.1) is 6.92 Å². The van der Waals surface area contributed by atoms with Gasteiger partial charge in [-0.3, -0.25) is 4.79 Å². The highest BCUT2D eigenvalue weighted by Crippen LogP contribution is 2.28. The number of carbonyl (C=O) groups excluding carboxylic acids is 1. The Kier molecular flexibility index (Phi) is 2.63. The predicted molar refractivity (Wildman–Crippen MR) is 57.8 cm³/mol. The van der Waals surface area contributed by atoms with E-state index in [0.29, 0.717) is 0 Å². The topological polar surface area (TPSA) is 34.9 Å². The minimum atomic E-state index is 0.171. The molecule has 14 heavy (non-hydrogen) atoms. The number of imidazole rings is 1. The molecule has 1 aromatic rings. The van der Waals surface area contributed by atoms with E-state index in [2.05, 4.69) is 4.98 Å². The molecule has 1 atom stereocenters. The molecule has 76 valence electrons.